The Bertz CT molecular complexity index is 1570. The quantitative estimate of drug-likeness (QED) is 0.285. The molecular formula is C23H17Cl3F3N5O3. The van der Waals surface area contributed by atoms with E-state index in [-0.39, 0.29) is 62.7 Å². The van der Waals surface area contributed by atoms with Gasteiger partial charge in [-0.1, -0.05) is 46.9 Å². The van der Waals surface area contributed by atoms with Crippen LogP contribution in [0.1, 0.15) is 20.3 Å². The fourth-order valence-electron chi connectivity index (χ4n) is 4.01. The number of aromatic nitrogens is 4. The number of fused-ring (bicyclic) bond motifs is 1. The third-order valence-corrected chi connectivity index (χ3v) is 6.64. The molecule has 0 radical (unpaired) electrons. The number of hydrogen-bond acceptors (Lipinski definition) is 6. The van der Waals surface area contributed by atoms with Gasteiger partial charge in [-0.05, 0) is 18.6 Å². The first-order chi connectivity index (χ1) is 17.7. The summed E-state index contributed by atoms with van der Waals surface area (Å²) < 4.78 is 60.0. The van der Waals surface area contributed by atoms with Crippen LogP contribution < -0.4 is 4.74 Å². The number of nitrogens with zero attached hydrogens (tertiary/aromatic N) is 5. The Hall–Kier alpha value is -3.02. The maximum Gasteiger partial charge on any atom is 0.417 e. The number of rotatable bonds is 4. The molecule has 0 aliphatic carbocycles. The second-order valence-electron chi connectivity index (χ2n) is 8.53. The molecule has 0 spiro atoms. The first-order valence-electron chi connectivity index (χ1n) is 11.2. The van der Waals surface area contributed by atoms with Crippen LogP contribution in [-0.2, 0) is 11.0 Å². The van der Waals surface area contributed by atoms with E-state index in [0.717, 1.165) is 16.7 Å². The third kappa shape index (κ3) is 4.95. The molecule has 0 N–H and O–H groups in total. The van der Waals surface area contributed by atoms with E-state index in [2.05, 4.69) is 15.1 Å². The molecule has 1 aromatic carbocycles. The largest absolute Gasteiger partial charge is 0.487 e. The number of hydrogen-bond donors (Lipinski definition) is 0. The smallest absolute Gasteiger partial charge is 0.417 e. The number of carbonyl (C=O) groups is 1. The zero-order chi connectivity index (χ0) is 27.6. The minimum Gasteiger partial charge on any atom is -0.487 e. The van der Waals surface area contributed by atoms with Gasteiger partial charge in [-0.15, -0.1) is 0 Å². The molecule has 0 saturated carbocycles. The van der Waals surface area contributed by atoms with E-state index in [0.29, 0.717) is 5.56 Å². The minimum atomic E-state index is -4.59. The van der Waals surface area contributed by atoms with Crippen molar-refractivity contribution in [2.45, 2.75) is 25.6 Å². The highest BCUT2D eigenvalue weighted by Gasteiger charge is 2.33. The summed E-state index contributed by atoms with van der Waals surface area (Å²) in [4.78, 5) is 22.0. The zero-order valence-corrected chi connectivity index (χ0v) is 21.4. The fourth-order valence-corrected chi connectivity index (χ4v) is 4.71. The van der Waals surface area contributed by atoms with E-state index in [9.17, 15) is 18.0 Å². The number of ether oxygens (including phenoxy) is 1. The molecule has 5 rings (SSSR count). The van der Waals surface area contributed by atoms with Gasteiger partial charge in [-0.25, -0.2) is 4.98 Å². The van der Waals surface area contributed by atoms with E-state index >= 15 is 0 Å². The molecule has 0 bridgehead atoms. The Labute approximate surface area is 224 Å². The van der Waals surface area contributed by atoms with E-state index in [4.69, 9.17) is 45.4 Å². The second kappa shape index (κ2) is 9.38. The molecule has 37 heavy (non-hydrogen) atoms. The Morgan fingerprint density at radius 3 is 2.59 bits per heavy atom. The number of likely N-dealkylation sites (N-methyl/N-ethyl adjacent to an activating group) is 1. The van der Waals surface area contributed by atoms with E-state index in [1.807, 2.05) is 0 Å². The van der Waals surface area contributed by atoms with Gasteiger partial charge < -0.3 is 18.6 Å². The summed E-state index contributed by atoms with van der Waals surface area (Å²) in [6, 6.07) is 3.73. The average Bonchev–Trinajstić information content (AvgIpc) is 3.46. The lowest BCUT2D eigenvalue weighted by Gasteiger charge is -2.33. The molecule has 2 atom stereocenters. The van der Waals surface area contributed by atoms with Crippen LogP contribution in [0.15, 0.2) is 35.1 Å². The Kier molecular flexibility index (Phi) is 6.16. The zero-order valence-electron chi connectivity index (χ0n) is 20.1. The number of likely N-dealkylation sites (tertiary alicyclic amines) is 1. The highest BCUT2D eigenvalue weighted by molar-refractivity contribution is 6.36. The number of alkyl halides is 3. The van der Waals surface area contributed by atoms with Crippen LogP contribution in [0.5, 0.6) is 5.75 Å². The van der Waals surface area contributed by atoms with Crippen molar-refractivity contribution in [3.05, 3.63) is 51.2 Å². The number of imidazole rings is 1. The average molecular weight is 576 g/mol. The highest BCUT2D eigenvalue weighted by atomic mass is 35.5. The number of carbonyl (C=O) groups excluding carboxylic acids is 1. The maximum absolute atomic E-state index is 13.1. The van der Waals surface area contributed by atoms with E-state index < -0.39 is 23.7 Å². The van der Waals surface area contributed by atoms with Crippen LogP contribution >= 0.6 is 34.8 Å². The standard InChI is InChI=1S/C23H17Cl3F3N5O3/c1-10-3-12(8-33(2)22(10)35)36-18-6-14(24)13(5-15(18)25)19-31-21(37-32-19)17-9-34-7-11(23(27,28)29)4-16(26)20(34)30-17/h4-7,9-10,12H,3,8H2,1-2H3/i10D. The van der Waals surface area contributed by atoms with Crippen molar-refractivity contribution >= 4 is 46.4 Å². The van der Waals surface area contributed by atoms with Crippen LogP contribution in [0, 0.1) is 5.89 Å². The molecule has 1 saturated heterocycles. The summed E-state index contributed by atoms with van der Waals surface area (Å²) in [6.07, 6.45) is -2.75. The lowest BCUT2D eigenvalue weighted by Crippen LogP contribution is -2.46. The van der Waals surface area contributed by atoms with Gasteiger partial charge in [0.25, 0.3) is 5.89 Å². The first kappa shape index (κ1) is 24.3. The van der Waals surface area contributed by atoms with Crippen LogP contribution in [0.2, 0.25) is 15.1 Å². The van der Waals surface area contributed by atoms with Crippen molar-refractivity contribution < 1.29 is 28.6 Å². The van der Waals surface area contributed by atoms with Crippen LogP contribution in [-0.4, -0.2) is 50.0 Å². The summed E-state index contributed by atoms with van der Waals surface area (Å²) in [5.74, 6) is -1.39. The normalized spacial score (nSPS) is 21.0. The highest BCUT2D eigenvalue weighted by Crippen LogP contribution is 2.38. The van der Waals surface area contributed by atoms with E-state index in [1.165, 1.54) is 30.2 Å². The number of halogens is 6. The molecular weight excluding hydrogens is 558 g/mol. The van der Waals surface area contributed by atoms with Gasteiger partial charge in [0, 0.05) is 38.3 Å². The first-order valence-corrected chi connectivity index (χ1v) is 11.9. The van der Waals surface area contributed by atoms with Gasteiger partial charge in [-0.2, -0.15) is 18.2 Å². The molecule has 1 aliphatic rings. The summed E-state index contributed by atoms with van der Waals surface area (Å²) >= 11 is 18.9. The predicted octanol–water partition coefficient (Wildman–Crippen LogP) is 6.28. The molecule has 4 aromatic rings. The van der Waals surface area contributed by atoms with Crippen molar-refractivity contribution in [3.63, 3.8) is 0 Å². The molecule has 14 heteroatoms. The SMILES string of the molecule is [2H]C1(C)CC(Oc2cc(Cl)c(-c3noc(-c4cn5cc(C(F)(F)F)cc(Cl)c5n4)n3)cc2Cl)CN(C)C1=O. The lowest BCUT2D eigenvalue weighted by atomic mass is 9.97. The Morgan fingerprint density at radius 2 is 1.89 bits per heavy atom. The Balaban J connectivity index is 1.41. The number of amides is 1. The van der Waals surface area contributed by atoms with Gasteiger partial charge in [0.1, 0.15) is 17.5 Å². The molecule has 2 unspecified atom stereocenters. The van der Waals surface area contributed by atoms with Gasteiger partial charge in [0.05, 0.1) is 27.2 Å². The summed E-state index contributed by atoms with van der Waals surface area (Å²) in [6.45, 7) is 1.81. The van der Waals surface area contributed by atoms with Crippen molar-refractivity contribution in [2.75, 3.05) is 13.6 Å². The second-order valence-corrected chi connectivity index (χ2v) is 9.75. The molecule has 1 fully saturated rings. The van der Waals surface area contributed by atoms with Gasteiger partial charge in [0.2, 0.25) is 11.7 Å². The summed E-state index contributed by atoms with van der Waals surface area (Å²) in [5, 5.41) is 4.06. The molecule has 3 aromatic heterocycles. The molecule has 4 heterocycles. The molecule has 194 valence electrons. The fraction of sp³-hybridized carbons (Fsp3) is 0.304. The van der Waals surface area contributed by atoms with Crippen molar-refractivity contribution in [3.8, 4) is 28.7 Å². The van der Waals surface area contributed by atoms with Crippen molar-refractivity contribution in [1.29, 1.82) is 0 Å². The van der Waals surface area contributed by atoms with E-state index in [1.54, 1.807) is 7.05 Å². The maximum atomic E-state index is 13.1. The van der Waals surface area contributed by atoms with Gasteiger partial charge in [0.15, 0.2) is 5.65 Å². The molecule has 1 aliphatic heterocycles. The third-order valence-electron chi connectivity index (χ3n) is 5.76. The van der Waals surface area contributed by atoms with Gasteiger partial charge >= 0.3 is 6.18 Å². The lowest BCUT2D eigenvalue weighted by molar-refractivity contribution is -0.139. The Morgan fingerprint density at radius 1 is 1.14 bits per heavy atom. The van der Waals surface area contributed by atoms with Gasteiger partial charge in [-0.3, -0.25) is 4.79 Å². The number of benzene rings is 1. The molecule has 1 amide bonds. The topological polar surface area (TPSA) is 85.8 Å². The van der Waals surface area contributed by atoms with Crippen LogP contribution in [0.3, 0.4) is 0 Å². The van der Waals surface area contributed by atoms with Crippen molar-refractivity contribution in [2.24, 2.45) is 5.89 Å². The van der Waals surface area contributed by atoms with Crippen LogP contribution in [0.4, 0.5) is 13.2 Å². The monoisotopic (exact) mass is 574 g/mol. The number of pyridine rings is 1. The van der Waals surface area contributed by atoms with Crippen LogP contribution in [0.25, 0.3) is 28.6 Å². The summed E-state index contributed by atoms with van der Waals surface area (Å²) in [7, 11) is 1.60. The predicted molar refractivity (Wildman–Crippen MR) is 130 cm³/mol. The van der Waals surface area contributed by atoms with Crippen molar-refractivity contribution in [1.82, 2.24) is 24.4 Å². The molecule has 8 nitrogen and oxygen atoms in total. The number of piperidine rings is 1. The minimum absolute atomic E-state index is 0.0549. The summed E-state index contributed by atoms with van der Waals surface area (Å²) in [5.41, 5.74) is -0.452.